The minimum absolute atomic E-state index is 0.0806. The largest absolute Gasteiger partial charge is 0.476 e. The number of nitrogens with zero attached hydrogens (tertiary/aromatic N) is 2. The van der Waals surface area contributed by atoms with Gasteiger partial charge in [-0.1, -0.05) is 6.08 Å². The molecule has 0 saturated carbocycles. The SMILES string of the molecule is O=C(O)c1cnc(OCC2=CC2)cn1. The highest BCUT2D eigenvalue weighted by Gasteiger charge is 2.09. The lowest BCUT2D eigenvalue weighted by atomic mass is 10.5. The molecule has 0 bridgehead atoms. The molecule has 5 nitrogen and oxygen atoms in total. The molecule has 72 valence electrons. The topological polar surface area (TPSA) is 72.3 Å². The zero-order valence-corrected chi connectivity index (χ0v) is 7.30. The molecule has 5 heteroatoms. The van der Waals surface area contributed by atoms with Crippen molar-refractivity contribution < 1.29 is 14.6 Å². The molecule has 0 unspecified atom stereocenters. The van der Waals surface area contributed by atoms with Crippen LogP contribution in [0.15, 0.2) is 24.0 Å². The summed E-state index contributed by atoms with van der Waals surface area (Å²) in [6.45, 7) is 0.515. The smallest absolute Gasteiger partial charge is 0.356 e. The fourth-order valence-electron chi connectivity index (χ4n) is 0.858. The van der Waals surface area contributed by atoms with Crippen LogP contribution in [-0.2, 0) is 0 Å². The van der Waals surface area contributed by atoms with Crippen molar-refractivity contribution in [3.63, 3.8) is 0 Å². The molecule has 0 aliphatic heterocycles. The average molecular weight is 192 g/mol. The Morgan fingerprint density at radius 3 is 2.79 bits per heavy atom. The standard InChI is InChI=1S/C9H8N2O3/c12-9(13)7-3-11-8(4-10-7)14-5-6-1-2-6/h1,3-4H,2,5H2,(H,12,13). The van der Waals surface area contributed by atoms with Gasteiger partial charge in [0.15, 0.2) is 5.69 Å². The van der Waals surface area contributed by atoms with Crippen molar-refractivity contribution in [2.24, 2.45) is 0 Å². The minimum atomic E-state index is -1.09. The van der Waals surface area contributed by atoms with Crippen LogP contribution in [0.5, 0.6) is 5.88 Å². The van der Waals surface area contributed by atoms with Crippen molar-refractivity contribution in [2.45, 2.75) is 6.42 Å². The molecule has 0 fully saturated rings. The molecule has 0 amide bonds. The first-order valence-electron chi connectivity index (χ1n) is 4.12. The first kappa shape index (κ1) is 8.68. The summed E-state index contributed by atoms with van der Waals surface area (Å²) in [4.78, 5) is 17.9. The van der Waals surface area contributed by atoms with Gasteiger partial charge in [-0.25, -0.2) is 14.8 Å². The first-order chi connectivity index (χ1) is 6.75. The van der Waals surface area contributed by atoms with Crippen LogP contribution in [0.1, 0.15) is 16.9 Å². The lowest BCUT2D eigenvalue weighted by Crippen LogP contribution is -2.03. The highest BCUT2D eigenvalue weighted by Crippen LogP contribution is 2.18. The Balaban J connectivity index is 1.97. The molecule has 1 aliphatic carbocycles. The van der Waals surface area contributed by atoms with Crippen LogP contribution in [0.2, 0.25) is 0 Å². The number of hydrogen-bond acceptors (Lipinski definition) is 4. The third-order valence-electron chi connectivity index (χ3n) is 1.75. The second-order valence-corrected chi connectivity index (χ2v) is 2.90. The molecular formula is C9H8N2O3. The van der Waals surface area contributed by atoms with Gasteiger partial charge in [0.25, 0.3) is 0 Å². The van der Waals surface area contributed by atoms with Gasteiger partial charge < -0.3 is 9.84 Å². The number of aromatic nitrogens is 2. The summed E-state index contributed by atoms with van der Waals surface area (Å²) in [7, 11) is 0. The highest BCUT2D eigenvalue weighted by molar-refractivity contribution is 5.84. The van der Waals surface area contributed by atoms with Crippen molar-refractivity contribution in [2.75, 3.05) is 6.61 Å². The molecule has 1 aromatic heterocycles. The second kappa shape index (κ2) is 3.45. The van der Waals surface area contributed by atoms with Crippen LogP contribution in [0.3, 0.4) is 0 Å². The quantitative estimate of drug-likeness (QED) is 0.717. The van der Waals surface area contributed by atoms with E-state index in [4.69, 9.17) is 9.84 Å². The Morgan fingerprint density at radius 1 is 1.50 bits per heavy atom. The zero-order valence-electron chi connectivity index (χ0n) is 7.30. The third-order valence-corrected chi connectivity index (χ3v) is 1.75. The van der Waals surface area contributed by atoms with Crippen LogP contribution >= 0.6 is 0 Å². The molecule has 1 N–H and O–H groups in total. The molecule has 0 aromatic carbocycles. The van der Waals surface area contributed by atoms with Crippen molar-refractivity contribution in [3.8, 4) is 5.88 Å². The maximum Gasteiger partial charge on any atom is 0.356 e. The molecule has 0 saturated heterocycles. The van der Waals surface area contributed by atoms with Crippen LogP contribution in [0.25, 0.3) is 0 Å². The lowest BCUT2D eigenvalue weighted by molar-refractivity contribution is 0.0690. The average Bonchev–Trinajstić information content (AvgIpc) is 2.99. The molecular weight excluding hydrogens is 184 g/mol. The van der Waals surface area contributed by atoms with Crippen molar-refractivity contribution in [1.29, 1.82) is 0 Å². The number of carbonyl (C=O) groups is 1. The van der Waals surface area contributed by atoms with Gasteiger partial charge in [-0.15, -0.1) is 0 Å². The van der Waals surface area contributed by atoms with Crippen LogP contribution in [-0.4, -0.2) is 27.7 Å². The van der Waals surface area contributed by atoms with Gasteiger partial charge in [-0.3, -0.25) is 0 Å². The molecule has 1 aliphatic rings. The van der Waals surface area contributed by atoms with Crippen LogP contribution in [0.4, 0.5) is 0 Å². The van der Waals surface area contributed by atoms with E-state index < -0.39 is 5.97 Å². The van der Waals surface area contributed by atoms with Gasteiger partial charge in [0.2, 0.25) is 5.88 Å². The summed E-state index contributed by atoms with van der Waals surface area (Å²) >= 11 is 0. The Morgan fingerprint density at radius 2 is 2.29 bits per heavy atom. The summed E-state index contributed by atoms with van der Waals surface area (Å²) in [6, 6.07) is 0. The van der Waals surface area contributed by atoms with Crippen LogP contribution in [0, 0.1) is 0 Å². The van der Waals surface area contributed by atoms with Gasteiger partial charge in [0.1, 0.15) is 6.61 Å². The fourth-order valence-corrected chi connectivity index (χ4v) is 0.858. The van der Waals surface area contributed by atoms with Crippen LogP contribution < -0.4 is 4.74 Å². The summed E-state index contributed by atoms with van der Waals surface area (Å²) < 4.78 is 5.23. The number of carboxylic acids is 1. The summed E-state index contributed by atoms with van der Waals surface area (Å²) in [6.07, 6.45) is 5.55. The Bertz CT molecular complexity index is 384. The summed E-state index contributed by atoms with van der Waals surface area (Å²) in [5.74, 6) is -0.739. The van der Waals surface area contributed by atoms with Gasteiger partial charge in [-0.05, 0) is 12.0 Å². The monoisotopic (exact) mass is 192 g/mol. The molecule has 14 heavy (non-hydrogen) atoms. The predicted molar refractivity (Wildman–Crippen MR) is 47.2 cm³/mol. The Hall–Kier alpha value is -1.91. The number of allylic oxidation sites excluding steroid dienone is 1. The molecule has 2 rings (SSSR count). The number of hydrogen-bond donors (Lipinski definition) is 1. The predicted octanol–water partition coefficient (Wildman–Crippen LogP) is 0.884. The van der Waals surface area contributed by atoms with E-state index in [-0.39, 0.29) is 5.69 Å². The van der Waals surface area contributed by atoms with E-state index in [0.717, 1.165) is 6.42 Å². The van der Waals surface area contributed by atoms with Gasteiger partial charge >= 0.3 is 5.97 Å². The summed E-state index contributed by atoms with van der Waals surface area (Å²) in [5.41, 5.74) is 1.15. The van der Waals surface area contributed by atoms with E-state index in [1.807, 2.05) is 0 Å². The number of ether oxygens (including phenoxy) is 1. The maximum absolute atomic E-state index is 10.4. The van der Waals surface area contributed by atoms with Crippen molar-refractivity contribution in [3.05, 3.63) is 29.7 Å². The van der Waals surface area contributed by atoms with Crippen molar-refractivity contribution in [1.82, 2.24) is 9.97 Å². The molecule has 0 atom stereocenters. The molecule has 0 spiro atoms. The Labute approximate surface area is 80.1 Å². The normalized spacial score (nSPS) is 13.3. The van der Waals surface area contributed by atoms with E-state index in [9.17, 15) is 4.79 Å². The van der Waals surface area contributed by atoms with E-state index in [1.54, 1.807) is 0 Å². The first-order valence-corrected chi connectivity index (χ1v) is 4.12. The maximum atomic E-state index is 10.4. The fraction of sp³-hybridized carbons (Fsp3) is 0.222. The van der Waals surface area contributed by atoms with E-state index in [2.05, 4.69) is 16.0 Å². The van der Waals surface area contributed by atoms with Gasteiger partial charge in [-0.2, -0.15) is 0 Å². The summed E-state index contributed by atoms with van der Waals surface area (Å²) in [5, 5.41) is 8.55. The van der Waals surface area contributed by atoms with Crippen molar-refractivity contribution >= 4 is 5.97 Å². The van der Waals surface area contributed by atoms with E-state index in [0.29, 0.717) is 12.5 Å². The third kappa shape index (κ3) is 2.07. The molecule has 0 radical (unpaired) electrons. The number of aromatic carboxylic acids is 1. The number of carboxylic acid groups (broad SMARTS) is 1. The zero-order chi connectivity index (χ0) is 9.97. The highest BCUT2D eigenvalue weighted by atomic mass is 16.5. The van der Waals surface area contributed by atoms with Gasteiger partial charge in [0, 0.05) is 0 Å². The number of rotatable bonds is 4. The molecule has 1 heterocycles. The minimum Gasteiger partial charge on any atom is -0.476 e. The Kier molecular flexibility index (Phi) is 2.14. The van der Waals surface area contributed by atoms with Gasteiger partial charge in [0.05, 0.1) is 12.4 Å². The molecule has 1 aromatic rings. The van der Waals surface area contributed by atoms with E-state index in [1.165, 1.54) is 18.0 Å². The van der Waals surface area contributed by atoms with E-state index >= 15 is 0 Å². The lowest BCUT2D eigenvalue weighted by Gasteiger charge is -2.01. The second-order valence-electron chi connectivity index (χ2n) is 2.90.